The summed E-state index contributed by atoms with van der Waals surface area (Å²) in [6.45, 7) is 2.02. The fourth-order valence-electron chi connectivity index (χ4n) is 1.93. The monoisotopic (exact) mass is 435 g/mol. The third-order valence-electron chi connectivity index (χ3n) is 2.98. The number of rotatable bonds is 3. The van der Waals surface area contributed by atoms with E-state index in [1.807, 2.05) is 31.2 Å². The molecule has 7 heteroatoms. The predicted octanol–water partition coefficient (Wildman–Crippen LogP) is 4.56. The molecule has 0 fully saturated rings. The van der Waals surface area contributed by atoms with Gasteiger partial charge in [-0.1, -0.05) is 24.3 Å². The Morgan fingerprint density at radius 3 is 2.48 bits per heavy atom. The Kier molecular flexibility index (Phi) is 6.86. The number of benzene rings is 2. The van der Waals surface area contributed by atoms with Crippen LogP contribution in [0.3, 0.4) is 0 Å². The highest BCUT2D eigenvalue weighted by atomic mass is 127. The molecule has 2 aromatic carbocycles. The van der Waals surface area contributed by atoms with Crippen LogP contribution in [-0.4, -0.2) is 5.96 Å². The number of nitrogens with zero attached hydrogens (tertiary/aromatic N) is 1. The minimum atomic E-state index is -4.36. The molecular weight excluding hydrogens is 418 g/mol. The van der Waals surface area contributed by atoms with Crippen LogP contribution in [0.1, 0.15) is 16.7 Å². The second-order valence-electron chi connectivity index (χ2n) is 4.89. The number of hydrogen-bond donors (Lipinski definition) is 2. The predicted molar refractivity (Wildman–Crippen MR) is 97.0 cm³/mol. The Balaban J connectivity index is 0.00000264. The van der Waals surface area contributed by atoms with Crippen LogP contribution in [0, 0.1) is 6.92 Å². The lowest BCUT2D eigenvalue weighted by Gasteiger charge is -2.08. The molecule has 23 heavy (non-hydrogen) atoms. The summed E-state index contributed by atoms with van der Waals surface area (Å²) >= 11 is 0. The first-order chi connectivity index (χ1) is 10.3. The number of halogens is 4. The maximum absolute atomic E-state index is 12.6. The molecule has 2 aromatic rings. The Hall–Kier alpha value is -1.77. The minimum absolute atomic E-state index is 0. The second kappa shape index (κ2) is 8.19. The van der Waals surface area contributed by atoms with Crippen LogP contribution >= 0.6 is 24.0 Å². The van der Waals surface area contributed by atoms with E-state index in [0.717, 1.165) is 23.4 Å². The highest BCUT2D eigenvalue weighted by Crippen LogP contribution is 2.29. The zero-order valence-electron chi connectivity index (χ0n) is 12.4. The maximum Gasteiger partial charge on any atom is 0.416 e. The number of hydrogen-bond acceptors (Lipinski definition) is 1. The van der Waals surface area contributed by atoms with E-state index in [1.54, 1.807) is 6.07 Å². The summed E-state index contributed by atoms with van der Waals surface area (Å²) in [6.07, 6.45) is -4.36. The van der Waals surface area contributed by atoms with Crippen molar-refractivity contribution in [1.82, 2.24) is 0 Å². The lowest BCUT2D eigenvalue weighted by Crippen LogP contribution is -2.22. The van der Waals surface area contributed by atoms with Gasteiger partial charge in [0.1, 0.15) is 0 Å². The first kappa shape index (κ1) is 19.3. The van der Waals surface area contributed by atoms with Crippen LogP contribution in [0.15, 0.2) is 53.5 Å². The second-order valence-corrected chi connectivity index (χ2v) is 4.89. The molecule has 0 saturated carbocycles. The Bertz CT molecular complexity index is 684. The summed E-state index contributed by atoms with van der Waals surface area (Å²) in [4.78, 5) is 4.06. The zero-order valence-corrected chi connectivity index (χ0v) is 14.7. The molecule has 0 amide bonds. The average molecular weight is 435 g/mol. The summed E-state index contributed by atoms with van der Waals surface area (Å²) in [5.74, 6) is 0.156. The molecule has 0 unspecified atom stereocenters. The molecule has 0 aliphatic rings. The van der Waals surface area contributed by atoms with E-state index in [2.05, 4.69) is 10.3 Å². The fourth-order valence-corrected chi connectivity index (χ4v) is 1.93. The SMILES string of the molecule is Cc1cccc(NC(N)=NCc2cccc(C(F)(F)F)c2)c1.I. The zero-order chi connectivity index (χ0) is 16.2. The van der Waals surface area contributed by atoms with Gasteiger partial charge in [-0.3, -0.25) is 0 Å². The summed E-state index contributed by atoms with van der Waals surface area (Å²) < 4.78 is 37.9. The molecule has 0 aromatic heterocycles. The van der Waals surface area contributed by atoms with Gasteiger partial charge in [-0.25, -0.2) is 4.99 Å². The molecule has 3 nitrogen and oxygen atoms in total. The molecule has 0 atom stereocenters. The molecule has 0 spiro atoms. The first-order valence-electron chi connectivity index (χ1n) is 6.64. The number of aryl methyl sites for hydroxylation is 1. The van der Waals surface area contributed by atoms with Gasteiger partial charge in [-0.15, -0.1) is 24.0 Å². The molecule has 0 aliphatic heterocycles. The van der Waals surface area contributed by atoms with Crippen molar-refractivity contribution in [3.05, 3.63) is 65.2 Å². The molecule has 0 saturated heterocycles. The lowest BCUT2D eigenvalue weighted by molar-refractivity contribution is -0.137. The van der Waals surface area contributed by atoms with Gasteiger partial charge in [0.25, 0.3) is 0 Å². The van der Waals surface area contributed by atoms with Crippen molar-refractivity contribution >= 4 is 35.6 Å². The number of nitrogens with one attached hydrogen (secondary N) is 1. The molecular formula is C16H17F3IN3. The Labute approximate surface area is 149 Å². The normalized spacial score (nSPS) is 11.7. The van der Waals surface area contributed by atoms with Gasteiger partial charge < -0.3 is 11.1 Å². The highest BCUT2D eigenvalue weighted by Gasteiger charge is 2.30. The van der Waals surface area contributed by atoms with Gasteiger partial charge in [-0.2, -0.15) is 13.2 Å². The minimum Gasteiger partial charge on any atom is -0.370 e. The van der Waals surface area contributed by atoms with Crippen LogP contribution < -0.4 is 11.1 Å². The van der Waals surface area contributed by atoms with Gasteiger partial charge in [0, 0.05) is 5.69 Å². The Morgan fingerprint density at radius 2 is 1.83 bits per heavy atom. The van der Waals surface area contributed by atoms with Crippen molar-refractivity contribution in [2.24, 2.45) is 10.7 Å². The summed E-state index contributed by atoms with van der Waals surface area (Å²) in [7, 11) is 0. The molecule has 0 bridgehead atoms. The lowest BCUT2D eigenvalue weighted by atomic mass is 10.1. The summed E-state index contributed by atoms with van der Waals surface area (Å²) in [5.41, 5.74) is 7.35. The average Bonchev–Trinajstić information content (AvgIpc) is 2.45. The molecule has 0 radical (unpaired) electrons. The van der Waals surface area contributed by atoms with Crippen molar-refractivity contribution in [1.29, 1.82) is 0 Å². The molecule has 3 N–H and O–H groups in total. The van der Waals surface area contributed by atoms with Crippen LogP contribution in [0.5, 0.6) is 0 Å². The largest absolute Gasteiger partial charge is 0.416 e. The van der Waals surface area contributed by atoms with Crippen LogP contribution in [-0.2, 0) is 12.7 Å². The van der Waals surface area contributed by atoms with Crippen LogP contribution in [0.4, 0.5) is 18.9 Å². The number of guanidine groups is 1. The quantitative estimate of drug-likeness (QED) is 0.422. The van der Waals surface area contributed by atoms with Crippen molar-refractivity contribution in [2.75, 3.05) is 5.32 Å². The third kappa shape index (κ3) is 6.09. The molecule has 2 rings (SSSR count). The van der Waals surface area contributed by atoms with Crippen LogP contribution in [0.2, 0.25) is 0 Å². The third-order valence-corrected chi connectivity index (χ3v) is 2.98. The van der Waals surface area contributed by atoms with E-state index < -0.39 is 11.7 Å². The van der Waals surface area contributed by atoms with Crippen molar-refractivity contribution in [3.8, 4) is 0 Å². The fraction of sp³-hybridized carbons (Fsp3) is 0.188. The number of anilines is 1. The van der Waals surface area contributed by atoms with Gasteiger partial charge >= 0.3 is 6.18 Å². The van der Waals surface area contributed by atoms with Gasteiger partial charge in [0.2, 0.25) is 0 Å². The number of nitrogens with two attached hydrogens (primary N) is 1. The summed E-state index contributed by atoms with van der Waals surface area (Å²) in [6, 6.07) is 12.6. The standard InChI is InChI=1S/C16H16F3N3.HI/c1-11-4-2-7-14(8-11)22-15(20)21-10-12-5-3-6-13(9-12)16(17,18)19;/h2-9H,10H2,1H3,(H3,20,21,22);1H. The van der Waals surface area contributed by atoms with Gasteiger partial charge in [0.05, 0.1) is 12.1 Å². The number of alkyl halides is 3. The molecule has 124 valence electrons. The van der Waals surface area contributed by atoms with E-state index in [-0.39, 0.29) is 36.5 Å². The van der Waals surface area contributed by atoms with E-state index in [4.69, 9.17) is 5.73 Å². The summed E-state index contributed by atoms with van der Waals surface area (Å²) in [5, 5.41) is 2.90. The highest BCUT2D eigenvalue weighted by molar-refractivity contribution is 14.0. The van der Waals surface area contributed by atoms with Crippen LogP contribution in [0.25, 0.3) is 0 Å². The van der Waals surface area contributed by atoms with E-state index >= 15 is 0 Å². The van der Waals surface area contributed by atoms with Gasteiger partial charge in [0.15, 0.2) is 5.96 Å². The van der Waals surface area contributed by atoms with Gasteiger partial charge in [-0.05, 0) is 42.3 Å². The smallest absolute Gasteiger partial charge is 0.370 e. The van der Waals surface area contributed by atoms with Crippen molar-refractivity contribution in [3.63, 3.8) is 0 Å². The van der Waals surface area contributed by atoms with E-state index in [1.165, 1.54) is 6.07 Å². The maximum atomic E-state index is 12.6. The molecule has 0 heterocycles. The van der Waals surface area contributed by atoms with E-state index in [0.29, 0.717) is 5.56 Å². The van der Waals surface area contributed by atoms with Crippen molar-refractivity contribution < 1.29 is 13.2 Å². The van der Waals surface area contributed by atoms with Crippen molar-refractivity contribution in [2.45, 2.75) is 19.6 Å². The Morgan fingerprint density at radius 1 is 1.13 bits per heavy atom. The molecule has 0 aliphatic carbocycles. The first-order valence-corrected chi connectivity index (χ1v) is 6.64. The number of aliphatic imine (C=N–C) groups is 1. The van der Waals surface area contributed by atoms with E-state index in [9.17, 15) is 13.2 Å². The topological polar surface area (TPSA) is 50.4 Å².